The van der Waals surface area contributed by atoms with Gasteiger partial charge >= 0.3 is 5.97 Å². The van der Waals surface area contributed by atoms with Crippen molar-refractivity contribution >= 4 is 16.2 Å². The van der Waals surface area contributed by atoms with Gasteiger partial charge in [-0.1, -0.05) is 13.8 Å². The molecule has 0 bridgehead atoms. The summed E-state index contributed by atoms with van der Waals surface area (Å²) in [5.74, 6) is -1.16. The highest BCUT2D eigenvalue weighted by Crippen LogP contribution is 2.25. The fraction of sp³-hybridized carbons (Fsp3) is 0.636. The molecule has 1 unspecified atom stereocenters. The number of nitrogens with one attached hydrogen (secondary N) is 1. The number of rotatable bonds is 5. The quantitative estimate of drug-likeness (QED) is 0.784. The summed E-state index contributed by atoms with van der Waals surface area (Å²) in [7, 11) is -3.80. The molecular weight excluding hydrogens is 284 g/mol. The summed E-state index contributed by atoms with van der Waals surface area (Å²) in [6.45, 7) is 4.06. The second-order valence-corrected chi connectivity index (χ2v) is 6.40. The van der Waals surface area contributed by atoms with Crippen molar-refractivity contribution in [3.05, 3.63) is 17.7 Å². The first-order valence-electron chi connectivity index (χ1n) is 6.42. The first kappa shape index (κ1) is 14.9. The SMILES string of the molecule is CCN(CC)S(=O)(=O)N1Cc2[nH]cnc2CC1C(=O)O. The minimum absolute atomic E-state index is 0.00509. The number of carboxylic acids is 1. The van der Waals surface area contributed by atoms with Crippen LogP contribution in [-0.2, 0) is 28.0 Å². The Bertz CT molecular complexity index is 593. The van der Waals surface area contributed by atoms with Crippen LogP contribution in [0.25, 0.3) is 0 Å². The van der Waals surface area contributed by atoms with Gasteiger partial charge in [-0.05, 0) is 0 Å². The van der Waals surface area contributed by atoms with E-state index in [4.69, 9.17) is 0 Å². The van der Waals surface area contributed by atoms with E-state index in [9.17, 15) is 18.3 Å². The molecule has 2 rings (SSSR count). The molecule has 0 spiro atoms. The van der Waals surface area contributed by atoms with Crippen molar-refractivity contribution in [3.8, 4) is 0 Å². The Morgan fingerprint density at radius 1 is 1.55 bits per heavy atom. The molecule has 9 heteroatoms. The Hall–Kier alpha value is -1.45. The molecule has 1 aromatic rings. The average molecular weight is 302 g/mol. The maximum Gasteiger partial charge on any atom is 0.322 e. The fourth-order valence-corrected chi connectivity index (χ4v) is 4.09. The molecule has 2 heterocycles. The second kappa shape index (κ2) is 5.51. The molecule has 0 aromatic carbocycles. The molecule has 112 valence electrons. The van der Waals surface area contributed by atoms with Crippen molar-refractivity contribution in [2.75, 3.05) is 13.1 Å². The van der Waals surface area contributed by atoms with Gasteiger partial charge in [-0.25, -0.2) is 4.98 Å². The number of carboxylic acid groups (broad SMARTS) is 1. The normalized spacial score (nSPS) is 20.1. The molecule has 1 aliphatic rings. The third-order valence-electron chi connectivity index (χ3n) is 3.47. The van der Waals surface area contributed by atoms with Crippen molar-refractivity contribution in [3.63, 3.8) is 0 Å². The van der Waals surface area contributed by atoms with Crippen LogP contribution in [0.4, 0.5) is 0 Å². The lowest BCUT2D eigenvalue weighted by atomic mass is 10.1. The summed E-state index contributed by atoms with van der Waals surface area (Å²) in [5.41, 5.74) is 1.27. The third kappa shape index (κ3) is 2.43. The molecule has 0 radical (unpaired) electrons. The number of hydrogen-bond donors (Lipinski definition) is 2. The van der Waals surface area contributed by atoms with Gasteiger partial charge in [0.25, 0.3) is 10.2 Å². The molecule has 0 saturated heterocycles. The number of aliphatic carboxylic acids is 1. The number of carbonyl (C=O) groups is 1. The zero-order valence-electron chi connectivity index (χ0n) is 11.4. The molecule has 2 N–H and O–H groups in total. The van der Waals surface area contributed by atoms with Crippen LogP contribution < -0.4 is 0 Å². The van der Waals surface area contributed by atoms with Crippen molar-refractivity contribution < 1.29 is 18.3 Å². The van der Waals surface area contributed by atoms with Crippen molar-refractivity contribution in [1.82, 2.24) is 18.6 Å². The minimum atomic E-state index is -3.80. The lowest BCUT2D eigenvalue weighted by Gasteiger charge is -2.34. The van der Waals surface area contributed by atoms with Crippen LogP contribution in [0.3, 0.4) is 0 Å². The second-order valence-electron chi connectivity index (χ2n) is 4.52. The van der Waals surface area contributed by atoms with Crippen molar-refractivity contribution in [2.24, 2.45) is 0 Å². The molecule has 20 heavy (non-hydrogen) atoms. The number of H-pyrrole nitrogens is 1. The zero-order valence-corrected chi connectivity index (χ0v) is 12.2. The lowest BCUT2D eigenvalue weighted by molar-refractivity contribution is -0.142. The monoisotopic (exact) mass is 302 g/mol. The van der Waals surface area contributed by atoms with Gasteiger partial charge in [0.15, 0.2) is 0 Å². The largest absolute Gasteiger partial charge is 0.480 e. The summed E-state index contributed by atoms with van der Waals surface area (Å²) >= 11 is 0. The van der Waals surface area contributed by atoms with Gasteiger partial charge in [-0.15, -0.1) is 0 Å². The molecule has 0 saturated carbocycles. The van der Waals surface area contributed by atoms with Crippen LogP contribution in [0.1, 0.15) is 25.2 Å². The van der Waals surface area contributed by atoms with E-state index in [1.807, 2.05) is 0 Å². The Labute approximate surface area is 117 Å². The predicted octanol–water partition coefficient (Wildman–Crippen LogP) is -0.192. The van der Waals surface area contributed by atoms with Crippen LogP contribution in [0.2, 0.25) is 0 Å². The maximum absolute atomic E-state index is 12.5. The number of imidazole rings is 1. The molecule has 8 nitrogen and oxygen atoms in total. The average Bonchev–Trinajstić information content (AvgIpc) is 2.85. The van der Waals surface area contributed by atoms with E-state index in [1.54, 1.807) is 13.8 Å². The standard InChI is InChI=1S/C11H18N4O4S/c1-3-14(4-2)20(18,19)15-6-9-8(12-7-13-9)5-10(15)11(16)17/h7,10H,3-6H2,1-2H3,(H,12,13)(H,16,17). The van der Waals surface area contributed by atoms with Gasteiger partial charge in [0.05, 0.1) is 24.3 Å². The van der Waals surface area contributed by atoms with Crippen LogP contribution in [-0.4, -0.2) is 57.2 Å². The molecular formula is C11H18N4O4S. The Morgan fingerprint density at radius 3 is 2.75 bits per heavy atom. The molecule has 1 aromatic heterocycles. The molecule has 1 aliphatic heterocycles. The van der Waals surface area contributed by atoms with Gasteiger partial charge in [-0.2, -0.15) is 17.0 Å². The van der Waals surface area contributed by atoms with Crippen molar-refractivity contribution in [1.29, 1.82) is 0 Å². The maximum atomic E-state index is 12.5. The van der Waals surface area contributed by atoms with E-state index in [0.29, 0.717) is 24.5 Å². The number of nitrogens with zero attached hydrogens (tertiary/aromatic N) is 3. The highest BCUT2D eigenvalue weighted by Gasteiger charge is 2.41. The predicted molar refractivity (Wildman–Crippen MR) is 71.1 cm³/mol. The fourth-order valence-electron chi connectivity index (χ4n) is 2.36. The van der Waals surface area contributed by atoms with E-state index in [1.165, 1.54) is 10.6 Å². The van der Waals surface area contributed by atoms with E-state index < -0.39 is 22.2 Å². The van der Waals surface area contributed by atoms with Gasteiger partial charge in [-0.3, -0.25) is 4.79 Å². The molecule has 0 amide bonds. The molecule has 0 aliphatic carbocycles. The highest BCUT2D eigenvalue weighted by atomic mass is 32.2. The Kier molecular flexibility index (Phi) is 4.11. The Morgan fingerprint density at radius 2 is 2.20 bits per heavy atom. The first-order chi connectivity index (χ1) is 9.41. The zero-order chi connectivity index (χ0) is 14.9. The number of aromatic nitrogens is 2. The number of fused-ring (bicyclic) bond motifs is 1. The molecule has 1 atom stereocenters. The summed E-state index contributed by atoms with van der Waals surface area (Å²) in [6.07, 6.45) is 1.53. The van der Waals surface area contributed by atoms with Crippen LogP contribution in [0, 0.1) is 0 Å². The summed E-state index contributed by atoms with van der Waals surface area (Å²) in [4.78, 5) is 18.3. The van der Waals surface area contributed by atoms with Crippen LogP contribution >= 0.6 is 0 Å². The minimum Gasteiger partial charge on any atom is -0.480 e. The van der Waals surface area contributed by atoms with Gasteiger partial charge in [0.2, 0.25) is 0 Å². The van der Waals surface area contributed by atoms with Gasteiger partial charge < -0.3 is 10.1 Å². The van der Waals surface area contributed by atoms with Gasteiger partial charge in [0, 0.05) is 19.5 Å². The van der Waals surface area contributed by atoms with Crippen LogP contribution in [0.15, 0.2) is 6.33 Å². The lowest BCUT2D eigenvalue weighted by Crippen LogP contribution is -2.53. The molecule has 0 fully saturated rings. The smallest absolute Gasteiger partial charge is 0.322 e. The van der Waals surface area contributed by atoms with E-state index in [2.05, 4.69) is 9.97 Å². The van der Waals surface area contributed by atoms with E-state index >= 15 is 0 Å². The Balaban J connectivity index is 2.40. The number of aromatic amines is 1. The highest BCUT2D eigenvalue weighted by molar-refractivity contribution is 7.86. The van der Waals surface area contributed by atoms with E-state index in [0.717, 1.165) is 4.31 Å². The third-order valence-corrected chi connectivity index (χ3v) is 5.61. The summed E-state index contributed by atoms with van der Waals surface area (Å²) in [6, 6.07) is -1.11. The summed E-state index contributed by atoms with van der Waals surface area (Å²) < 4.78 is 27.4. The van der Waals surface area contributed by atoms with Crippen LogP contribution in [0.5, 0.6) is 0 Å². The van der Waals surface area contributed by atoms with Gasteiger partial charge in [0.1, 0.15) is 6.04 Å². The topological polar surface area (TPSA) is 107 Å². The van der Waals surface area contributed by atoms with Crippen molar-refractivity contribution in [2.45, 2.75) is 32.9 Å². The van der Waals surface area contributed by atoms with E-state index in [-0.39, 0.29) is 13.0 Å². The summed E-state index contributed by atoms with van der Waals surface area (Å²) in [5, 5.41) is 9.30. The number of hydrogen-bond acceptors (Lipinski definition) is 4. The first-order valence-corrected chi connectivity index (χ1v) is 7.82.